The van der Waals surface area contributed by atoms with Crippen LogP contribution in [-0.2, 0) is 13.0 Å². The van der Waals surface area contributed by atoms with Gasteiger partial charge in [-0.2, -0.15) is 4.98 Å². The van der Waals surface area contributed by atoms with E-state index in [0.29, 0.717) is 31.2 Å². The molecule has 0 spiro atoms. The number of ether oxygens (including phenoxy) is 1. The van der Waals surface area contributed by atoms with Gasteiger partial charge in [0.25, 0.3) is 0 Å². The Morgan fingerprint density at radius 3 is 3.06 bits per heavy atom. The topological polar surface area (TPSA) is 80.4 Å². The Morgan fingerprint density at radius 2 is 2.33 bits per heavy atom. The van der Waals surface area contributed by atoms with Gasteiger partial charge in [-0.05, 0) is 6.07 Å². The largest absolute Gasteiger partial charge is 0.504 e. The van der Waals surface area contributed by atoms with E-state index in [4.69, 9.17) is 9.26 Å². The highest BCUT2D eigenvalue weighted by Gasteiger charge is 2.06. The van der Waals surface area contributed by atoms with Gasteiger partial charge < -0.3 is 19.7 Å². The Balaban J connectivity index is 1.83. The number of phenols is 1. The number of aromatic nitrogens is 2. The fraction of sp³-hybridized carbons (Fsp3) is 0.333. The van der Waals surface area contributed by atoms with Crippen molar-refractivity contribution < 1.29 is 14.4 Å². The van der Waals surface area contributed by atoms with Gasteiger partial charge in [-0.1, -0.05) is 17.3 Å². The molecule has 6 heteroatoms. The summed E-state index contributed by atoms with van der Waals surface area (Å²) in [7, 11) is 1.53. The molecular weight excluding hydrogens is 234 g/mol. The summed E-state index contributed by atoms with van der Waals surface area (Å²) in [6.07, 6.45) is 2.04. The SMILES string of the molecule is COc1cccc(CNCCc2ncno2)c1O. The molecule has 0 amide bonds. The van der Waals surface area contributed by atoms with Crippen LogP contribution < -0.4 is 10.1 Å². The molecule has 0 unspecified atom stereocenters. The number of methoxy groups -OCH3 is 1. The summed E-state index contributed by atoms with van der Waals surface area (Å²) in [5.74, 6) is 1.24. The fourth-order valence-electron chi connectivity index (χ4n) is 1.60. The zero-order chi connectivity index (χ0) is 12.8. The van der Waals surface area contributed by atoms with E-state index in [1.165, 1.54) is 13.4 Å². The predicted octanol–water partition coefficient (Wildman–Crippen LogP) is 1.12. The summed E-state index contributed by atoms with van der Waals surface area (Å²) in [5, 5.41) is 16.6. The lowest BCUT2D eigenvalue weighted by Gasteiger charge is -2.09. The third-order valence-corrected chi connectivity index (χ3v) is 2.54. The molecule has 1 heterocycles. The van der Waals surface area contributed by atoms with Gasteiger partial charge in [0.05, 0.1) is 7.11 Å². The normalized spacial score (nSPS) is 10.5. The van der Waals surface area contributed by atoms with Crippen molar-refractivity contribution in [2.45, 2.75) is 13.0 Å². The maximum atomic E-state index is 9.87. The molecule has 1 aromatic carbocycles. The Morgan fingerprint density at radius 1 is 1.44 bits per heavy atom. The summed E-state index contributed by atoms with van der Waals surface area (Å²) in [6.45, 7) is 1.25. The quantitative estimate of drug-likeness (QED) is 0.747. The maximum absolute atomic E-state index is 9.87. The fourth-order valence-corrected chi connectivity index (χ4v) is 1.60. The molecule has 0 saturated heterocycles. The second-order valence-corrected chi connectivity index (χ2v) is 3.73. The Labute approximate surface area is 105 Å². The van der Waals surface area contributed by atoms with Gasteiger partial charge in [0.2, 0.25) is 5.89 Å². The van der Waals surface area contributed by atoms with Crippen LogP contribution in [-0.4, -0.2) is 28.9 Å². The Kier molecular flexibility index (Phi) is 4.14. The number of nitrogens with zero attached hydrogens (tertiary/aromatic N) is 2. The summed E-state index contributed by atoms with van der Waals surface area (Å²) in [4.78, 5) is 3.92. The van der Waals surface area contributed by atoms with E-state index in [1.807, 2.05) is 12.1 Å². The average molecular weight is 249 g/mol. The minimum atomic E-state index is 0.172. The van der Waals surface area contributed by atoms with Crippen LogP contribution in [0.3, 0.4) is 0 Å². The van der Waals surface area contributed by atoms with Crippen molar-refractivity contribution in [3.8, 4) is 11.5 Å². The lowest BCUT2D eigenvalue weighted by molar-refractivity contribution is 0.367. The highest BCUT2D eigenvalue weighted by Crippen LogP contribution is 2.28. The molecule has 0 fully saturated rings. The van der Waals surface area contributed by atoms with E-state index in [9.17, 15) is 5.11 Å². The van der Waals surface area contributed by atoms with Crippen molar-refractivity contribution in [1.82, 2.24) is 15.5 Å². The first-order valence-electron chi connectivity index (χ1n) is 5.62. The monoisotopic (exact) mass is 249 g/mol. The van der Waals surface area contributed by atoms with Crippen molar-refractivity contribution in [2.24, 2.45) is 0 Å². The van der Waals surface area contributed by atoms with Crippen LogP contribution in [0.5, 0.6) is 11.5 Å². The maximum Gasteiger partial charge on any atom is 0.227 e. The van der Waals surface area contributed by atoms with Crippen molar-refractivity contribution >= 4 is 0 Å². The number of aromatic hydroxyl groups is 1. The van der Waals surface area contributed by atoms with E-state index in [0.717, 1.165) is 5.56 Å². The number of para-hydroxylation sites is 1. The van der Waals surface area contributed by atoms with E-state index in [1.54, 1.807) is 6.07 Å². The number of phenolic OH excluding ortho intramolecular Hbond substituents is 1. The minimum absolute atomic E-state index is 0.172. The summed E-state index contributed by atoms with van der Waals surface area (Å²) >= 11 is 0. The average Bonchev–Trinajstić information content (AvgIpc) is 2.89. The summed E-state index contributed by atoms with van der Waals surface area (Å²) in [6, 6.07) is 5.41. The van der Waals surface area contributed by atoms with Crippen LogP contribution in [0.4, 0.5) is 0 Å². The van der Waals surface area contributed by atoms with Crippen LogP contribution in [0.1, 0.15) is 11.5 Å². The second kappa shape index (κ2) is 6.02. The molecule has 0 aliphatic rings. The second-order valence-electron chi connectivity index (χ2n) is 3.73. The van der Waals surface area contributed by atoms with E-state index in [-0.39, 0.29) is 5.75 Å². The van der Waals surface area contributed by atoms with Gasteiger partial charge in [-0.25, -0.2) is 0 Å². The molecule has 0 aliphatic heterocycles. The smallest absolute Gasteiger partial charge is 0.227 e. The van der Waals surface area contributed by atoms with Crippen LogP contribution in [0.15, 0.2) is 29.0 Å². The molecule has 0 aliphatic carbocycles. The van der Waals surface area contributed by atoms with Crippen LogP contribution in [0, 0.1) is 0 Å². The highest BCUT2D eigenvalue weighted by atomic mass is 16.5. The molecule has 0 atom stereocenters. The molecule has 0 bridgehead atoms. The van der Waals surface area contributed by atoms with Crippen molar-refractivity contribution in [3.63, 3.8) is 0 Å². The molecular formula is C12H15N3O3. The number of rotatable bonds is 6. The predicted molar refractivity (Wildman–Crippen MR) is 64.4 cm³/mol. The molecule has 96 valence electrons. The van der Waals surface area contributed by atoms with Gasteiger partial charge in [-0.15, -0.1) is 0 Å². The molecule has 6 nitrogen and oxygen atoms in total. The van der Waals surface area contributed by atoms with Crippen LogP contribution in [0.25, 0.3) is 0 Å². The minimum Gasteiger partial charge on any atom is -0.504 e. The molecule has 1 aromatic heterocycles. The first kappa shape index (κ1) is 12.4. The summed E-state index contributed by atoms with van der Waals surface area (Å²) in [5.41, 5.74) is 0.792. The first-order valence-corrected chi connectivity index (χ1v) is 5.62. The third kappa shape index (κ3) is 2.98. The lowest BCUT2D eigenvalue weighted by atomic mass is 10.2. The number of nitrogens with one attached hydrogen (secondary N) is 1. The molecule has 2 rings (SSSR count). The number of benzene rings is 1. The van der Waals surface area contributed by atoms with Crippen LogP contribution >= 0.6 is 0 Å². The van der Waals surface area contributed by atoms with Gasteiger partial charge >= 0.3 is 0 Å². The van der Waals surface area contributed by atoms with E-state index >= 15 is 0 Å². The van der Waals surface area contributed by atoms with E-state index < -0.39 is 0 Å². The molecule has 0 saturated carbocycles. The van der Waals surface area contributed by atoms with E-state index in [2.05, 4.69) is 15.5 Å². The van der Waals surface area contributed by atoms with Gasteiger partial charge in [0.15, 0.2) is 17.8 Å². The van der Waals surface area contributed by atoms with Crippen molar-refractivity contribution in [1.29, 1.82) is 0 Å². The highest BCUT2D eigenvalue weighted by molar-refractivity contribution is 5.45. The standard InChI is InChI=1S/C12H15N3O3/c1-17-10-4-2-3-9(12(10)16)7-13-6-5-11-14-8-15-18-11/h2-4,8,13,16H,5-7H2,1H3. The van der Waals surface area contributed by atoms with Gasteiger partial charge in [0, 0.05) is 25.1 Å². The van der Waals surface area contributed by atoms with Crippen molar-refractivity contribution in [3.05, 3.63) is 36.0 Å². The lowest BCUT2D eigenvalue weighted by Crippen LogP contribution is -2.16. The first-order chi connectivity index (χ1) is 8.81. The molecule has 0 radical (unpaired) electrons. The number of hydrogen-bond acceptors (Lipinski definition) is 6. The zero-order valence-electron chi connectivity index (χ0n) is 10.1. The molecule has 18 heavy (non-hydrogen) atoms. The summed E-state index contributed by atoms with van der Waals surface area (Å²) < 4.78 is 9.92. The zero-order valence-corrected chi connectivity index (χ0v) is 10.1. The van der Waals surface area contributed by atoms with Crippen LogP contribution in [0.2, 0.25) is 0 Å². The third-order valence-electron chi connectivity index (χ3n) is 2.54. The molecule has 2 N–H and O–H groups in total. The molecule has 2 aromatic rings. The van der Waals surface area contributed by atoms with Crippen molar-refractivity contribution in [2.75, 3.05) is 13.7 Å². The Bertz CT molecular complexity index is 485. The Hall–Kier alpha value is -2.08. The van der Waals surface area contributed by atoms with Gasteiger partial charge in [-0.3, -0.25) is 0 Å². The van der Waals surface area contributed by atoms with Gasteiger partial charge in [0.1, 0.15) is 0 Å². The number of hydrogen-bond donors (Lipinski definition) is 2.